The molecule has 2 rings (SSSR count). The van der Waals surface area contributed by atoms with Gasteiger partial charge in [0.2, 0.25) is 5.91 Å². The van der Waals surface area contributed by atoms with Gasteiger partial charge < -0.3 is 5.32 Å². The summed E-state index contributed by atoms with van der Waals surface area (Å²) in [5, 5.41) is 2.99. The lowest BCUT2D eigenvalue weighted by molar-refractivity contribution is -0.123. The minimum absolute atomic E-state index is 0.122. The van der Waals surface area contributed by atoms with Crippen molar-refractivity contribution < 1.29 is 9.59 Å². The SMILES string of the molecule is CNC1C(=O)N(c2ccccc2)C(=O)C1C(C)(C)C. The molecule has 102 valence electrons. The first-order valence-corrected chi connectivity index (χ1v) is 6.48. The monoisotopic (exact) mass is 260 g/mol. The third-order valence-corrected chi connectivity index (χ3v) is 3.56. The van der Waals surface area contributed by atoms with Crippen LogP contribution in [0.25, 0.3) is 0 Å². The number of likely N-dealkylation sites (N-methyl/N-ethyl adjacent to an activating group) is 1. The van der Waals surface area contributed by atoms with Gasteiger partial charge in [0.1, 0.15) is 0 Å². The Kier molecular flexibility index (Phi) is 3.45. The maximum absolute atomic E-state index is 12.6. The molecular formula is C15H20N2O2. The molecule has 4 nitrogen and oxygen atoms in total. The third-order valence-electron chi connectivity index (χ3n) is 3.56. The molecule has 1 aromatic rings. The number of imide groups is 1. The van der Waals surface area contributed by atoms with Gasteiger partial charge in [-0.2, -0.15) is 0 Å². The summed E-state index contributed by atoms with van der Waals surface area (Å²) in [5.74, 6) is -0.633. The van der Waals surface area contributed by atoms with Crippen molar-refractivity contribution in [3.8, 4) is 0 Å². The summed E-state index contributed by atoms with van der Waals surface area (Å²) >= 11 is 0. The van der Waals surface area contributed by atoms with Gasteiger partial charge in [-0.15, -0.1) is 0 Å². The average Bonchev–Trinajstić information content (AvgIpc) is 2.61. The van der Waals surface area contributed by atoms with Gasteiger partial charge in [0.05, 0.1) is 17.6 Å². The Morgan fingerprint density at radius 1 is 1.05 bits per heavy atom. The fourth-order valence-electron chi connectivity index (χ4n) is 2.66. The van der Waals surface area contributed by atoms with Crippen molar-refractivity contribution >= 4 is 17.5 Å². The predicted octanol–water partition coefficient (Wildman–Crippen LogP) is 1.81. The maximum atomic E-state index is 12.6. The van der Waals surface area contributed by atoms with Crippen molar-refractivity contribution in [2.45, 2.75) is 26.8 Å². The maximum Gasteiger partial charge on any atom is 0.251 e. The van der Waals surface area contributed by atoms with E-state index in [0.717, 1.165) is 0 Å². The second-order valence-electron chi connectivity index (χ2n) is 5.96. The lowest BCUT2D eigenvalue weighted by atomic mass is 9.77. The number of anilines is 1. The lowest BCUT2D eigenvalue weighted by Crippen LogP contribution is -2.42. The molecule has 1 fully saturated rings. The van der Waals surface area contributed by atoms with E-state index in [4.69, 9.17) is 0 Å². The molecule has 0 spiro atoms. The predicted molar refractivity (Wildman–Crippen MR) is 74.7 cm³/mol. The molecule has 1 aliphatic rings. The van der Waals surface area contributed by atoms with Crippen LogP contribution >= 0.6 is 0 Å². The zero-order valence-corrected chi connectivity index (χ0v) is 11.8. The number of hydrogen-bond acceptors (Lipinski definition) is 3. The van der Waals surface area contributed by atoms with Crippen molar-refractivity contribution in [3.63, 3.8) is 0 Å². The van der Waals surface area contributed by atoms with Gasteiger partial charge >= 0.3 is 0 Å². The Morgan fingerprint density at radius 3 is 2.05 bits per heavy atom. The van der Waals surface area contributed by atoms with E-state index in [9.17, 15) is 9.59 Å². The topological polar surface area (TPSA) is 49.4 Å². The molecule has 0 saturated carbocycles. The highest BCUT2D eigenvalue weighted by Gasteiger charge is 2.52. The van der Waals surface area contributed by atoms with Crippen molar-refractivity contribution in [1.82, 2.24) is 5.32 Å². The summed E-state index contributed by atoms with van der Waals surface area (Å²) in [6.45, 7) is 5.96. The van der Waals surface area contributed by atoms with Gasteiger partial charge in [-0.25, -0.2) is 4.90 Å². The Labute approximate surface area is 113 Å². The molecular weight excluding hydrogens is 240 g/mol. The highest BCUT2D eigenvalue weighted by molar-refractivity contribution is 6.23. The summed E-state index contributed by atoms with van der Waals surface area (Å²) in [5.41, 5.74) is 0.383. The largest absolute Gasteiger partial charge is 0.308 e. The molecule has 1 aliphatic heterocycles. The number of nitrogens with one attached hydrogen (secondary N) is 1. The number of carbonyl (C=O) groups is 2. The van der Waals surface area contributed by atoms with Gasteiger partial charge in [0, 0.05) is 0 Å². The van der Waals surface area contributed by atoms with Crippen LogP contribution in [0.3, 0.4) is 0 Å². The number of amides is 2. The van der Waals surface area contributed by atoms with E-state index in [1.807, 2.05) is 39.0 Å². The van der Waals surface area contributed by atoms with E-state index >= 15 is 0 Å². The van der Waals surface area contributed by atoms with Crippen molar-refractivity contribution in [2.24, 2.45) is 11.3 Å². The van der Waals surface area contributed by atoms with Crippen molar-refractivity contribution in [3.05, 3.63) is 30.3 Å². The van der Waals surface area contributed by atoms with Crippen LogP contribution in [-0.4, -0.2) is 24.9 Å². The Bertz CT molecular complexity index is 491. The fourth-order valence-corrected chi connectivity index (χ4v) is 2.66. The highest BCUT2D eigenvalue weighted by Crippen LogP contribution is 2.37. The summed E-state index contributed by atoms with van der Waals surface area (Å²) < 4.78 is 0. The summed E-state index contributed by atoms with van der Waals surface area (Å²) in [6.07, 6.45) is 0. The first-order chi connectivity index (χ1) is 8.88. The van der Waals surface area contributed by atoms with E-state index in [0.29, 0.717) is 5.69 Å². The fraction of sp³-hybridized carbons (Fsp3) is 0.467. The van der Waals surface area contributed by atoms with Gasteiger partial charge in [0.25, 0.3) is 5.91 Å². The standard InChI is InChI=1S/C15H20N2O2/c1-15(2,3)11-12(16-4)14(19)17(13(11)18)10-8-6-5-7-9-10/h5-9,11-12,16H,1-4H3. The van der Waals surface area contributed by atoms with Crippen LogP contribution in [-0.2, 0) is 9.59 Å². The molecule has 2 unspecified atom stereocenters. The Morgan fingerprint density at radius 2 is 1.63 bits per heavy atom. The first kappa shape index (κ1) is 13.7. The normalized spacial score (nSPS) is 24.1. The molecule has 1 N–H and O–H groups in total. The lowest BCUT2D eigenvalue weighted by Gasteiger charge is -2.28. The van der Waals surface area contributed by atoms with E-state index in [2.05, 4.69) is 5.32 Å². The van der Waals surface area contributed by atoms with E-state index in [1.54, 1.807) is 19.2 Å². The quantitative estimate of drug-likeness (QED) is 0.825. The Balaban J connectivity index is 2.44. The smallest absolute Gasteiger partial charge is 0.251 e. The number of rotatable bonds is 2. The Hall–Kier alpha value is -1.68. The minimum atomic E-state index is -0.451. The number of para-hydroxylation sites is 1. The second kappa shape index (κ2) is 4.78. The van der Waals surface area contributed by atoms with Gasteiger partial charge in [0.15, 0.2) is 0 Å². The third kappa shape index (κ3) is 2.28. The highest BCUT2D eigenvalue weighted by atomic mass is 16.2. The molecule has 0 bridgehead atoms. The second-order valence-corrected chi connectivity index (χ2v) is 5.96. The number of carbonyl (C=O) groups excluding carboxylic acids is 2. The molecule has 0 aromatic heterocycles. The number of benzene rings is 1. The summed E-state index contributed by atoms with van der Waals surface area (Å²) in [7, 11) is 1.73. The van der Waals surface area contributed by atoms with E-state index < -0.39 is 6.04 Å². The van der Waals surface area contributed by atoms with Crippen LogP contribution in [0.2, 0.25) is 0 Å². The van der Waals surface area contributed by atoms with Crippen LogP contribution in [0.5, 0.6) is 0 Å². The van der Waals surface area contributed by atoms with Gasteiger partial charge in [-0.1, -0.05) is 39.0 Å². The van der Waals surface area contributed by atoms with Crippen LogP contribution in [0.4, 0.5) is 5.69 Å². The summed E-state index contributed by atoms with van der Waals surface area (Å²) in [4.78, 5) is 26.3. The van der Waals surface area contributed by atoms with E-state index in [1.165, 1.54) is 4.90 Å². The molecule has 2 amide bonds. The molecule has 1 aromatic carbocycles. The minimum Gasteiger partial charge on any atom is -0.308 e. The summed E-state index contributed by atoms with van der Waals surface area (Å²) in [6, 6.07) is 8.64. The van der Waals surface area contributed by atoms with Crippen molar-refractivity contribution in [2.75, 3.05) is 11.9 Å². The number of nitrogens with zero attached hydrogens (tertiary/aromatic N) is 1. The molecule has 1 saturated heterocycles. The first-order valence-electron chi connectivity index (χ1n) is 6.48. The average molecular weight is 260 g/mol. The van der Waals surface area contributed by atoms with E-state index in [-0.39, 0.29) is 23.1 Å². The zero-order chi connectivity index (χ0) is 14.2. The molecule has 0 aliphatic carbocycles. The van der Waals surface area contributed by atoms with Crippen LogP contribution in [0.1, 0.15) is 20.8 Å². The zero-order valence-electron chi connectivity index (χ0n) is 11.8. The van der Waals surface area contributed by atoms with Crippen LogP contribution in [0, 0.1) is 11.3 Å². The molecule has 0 radical (unpaired) electrons. The molecule has 19 heavy (non-hydrogen) atoms. The van der Waals surface area contributed by atoms with Crippen molar-refractivity contribution in [1.29, 1.82) is 0 Å². The van der Waals surface area contributed by atoms with Gasteiger partial charge in [-0.3, -0.25) is 9.59 Å². The molecule has 4 heteroatoms. The number of hydrogen-bond donors (Lipinski definition) is 1. The van der Waals surface area contributed by atoms with Gasteiger partial charge in [-0.05, 0) is 24.6 Å². The van der Waals surface area contributed by atoms with Crippen LogP contribution in [0.15, 0.2) is 30.3 Å². The van der Waals surface area contributed by atoms with Crippen LogP contribution < -0.4 is 10.2 Å². The molecule has 2 atom stereocenters. The molecule has 1 heterocycles.